The molecule has 0 heterocycles. The van der Waals surface area contributed by atoms with Crippen LogP contribution in [0, 0.1) is 6.92 Å². The third-order valence-corrected chi connectivity index (χ3v) is 3.62. The van der Waals surface area contributed by atoms with Crippen molar-refractivity contribution in [3.05, 3.63) is 58.1 Å². The van der Waals surface area contributed by atoms with Crippen LogP contribution < -0.4 is 4.74 Å². The zero-order valence-electron chi connectivity index (χ0n) is 12.7. The van der Waals surface area contributed by atoms with Gasteiger partial charge in [0, 0.05) is 5.56 Å². The molecule has 0 aliphatic heterocycles. The van der Waals surface area contributed by atoms with Gasteiger partial charge in [0.05, 0.1) is 10.6 Å². The molecule has 0 fully saturated rings. The molecule has 0 aliphatic carbocycles. The minimum Gasteiger partial charge on any atom is -0.456 e. The summed E-state index contributed by atoms with van der Waals surface area (Å²) in [6.07, 6.45) is 0.725. The minimum absolute atomic E-state index is 0.0543. The number of ether oxygens (including phenoxy) is 1. The molecule has 2 rings (SSSR count). The minimum atomic E-state index is -0.0543. The molecule has 0 bridgehead atoms. The summed E-state index contributed by atoms with van der Waals surface area (Å²) >= 11 is 6.04. The predicted octanol–water partition coefficient (Wildman–Crippen LogP) is 5.55. The lowest BCUT2D eigenvalue weighted by Gasteiger charge is -2.23. The van der Waals surface area contributed by atoms with E-state index in [1.165, 1.54) is 5.56 Å². The van der Waals surface area contributed by atoms with Crippen LogP contribution >= 0.6 is 11.6 Å². The molecule has 3 heteroatoms. The number of aryl methyl sites for hydroxylation is 1. The highest BCUT2D eigenvalue weighted by molar-refractivity contribution is 6.33. The molecule has 110 valence electrons. The topological polar surface area (TPSA) is 26.3 Å². The molecule has 0 radical (unpaired) electrons. The predicted molar refractivity (Wildman–Crippen MR) is 86.8 cm³/mol. The third-order valence-electron chi connectivity index (χ3n) is 3.29. The van der Waals surface area contributed by atoms with E-state index in [-0.39, 0.29) is 5.41 Å². The fraction of sp³-hybridized carbons (Fsp3) is 0.278. The van der Waals surface area contributed by atoms with Crippen LogP contribution in [0.4, 0.5) is 0 Å². The molecule has 21 heavy (non-hydrogen) atoms. The van der Waals surface area contributed by atoms with E-state index in [2.05, 4.69) is 33.8 Å². The fourth-order valence-corrected chi connectivity index (χ4v) is 2.37. The molecule has 2 nitrogen and oxygen atoms in total. The lowest BCUT2D eigenvalue weighted by atomic mass is 9.85. The Labute approximate surface area is 130 Å². The van der Waals surface area contributed by atoms with Crippen LogP contribution in [0.25, 0.3) is 0 Å². The van der Waals surface area contributed by atoms with E-state index in [9.17, 15) is 4.79 Å². The van der Waals surface area contributed by atoms with Gasteiger partial charge >= 0.3 is 0 Å². The number of aldehydes is 1. The third kappa shape index (κ3) is 3.45. The van der Waals surface area contributed by atoms with E-state index in [4.69, 9.17) is 16.3 Å². The first kappa shape index (κ1) is 15.6. The highest BCUT2D eigenvalue weighted by Gasteiger charge is 2.20. The summed E-state index contributed by atoms with van der Waals surface area (Å²) in [5.41, 5.74) is 2.59. The summed E-state index contributed by atoms with van der Waals surface area (Å²) in [4.78, 5) is 11.2. The van der Waals surface area contributed by atoms with E-state index in [0.29, 0.717) is 16.3 Å². The van der Waals surface area contributed by atoms with Crippen molar-refractivity contribution < 1.29 is 9.53 Å². The summed E-state index contributed by atoms with van der Waals surface area (Å²) in [7, 11) is 0. The van der Waals surface area contributed by atoms with Crippen molar-refractivity contribution in [2.24, 2.45) is 0 Å². The molecule has 0 aliphatic rings. The first-order valence-electron chi connectivity index (χ1n) is 6.85. The van der Waals surface area contributed by atoms with Gasteiger partial charge in [-0.05, 0) is 30.5 Å². The highest BCUT2D eigenvalue weighted by Crippen LogP contribution is 2.36. The first-order chi connectivity index (χ1) is 9.82. The van der Waals surface area contributed by atoms with Gasteiger partial charge < -0.3 is 4.74 Å². The lowest BCUT2D eigenvalue weighted by Crippen LogP contribution is -2.13. The van der Waals surface area contributed by atoms with Gasteiger partial charge in [0.2, 0.25) is 0 Å². The van der Waals surface area contributed by atoms with Crippen LogP contribution in [0.5, 0.6) is 11.5 Å². The van der Waals surface area contributed by atoms with E-state index in [1.807, 2.05) is 12.1 Å². The number of halogens is 1. The Morgan fingerprint density at radius 3 is 2.43 bits per heavy atom. The molecule has 0 atom stereocenters. The number of carbonyl (C=O) groups excluding carboxylic acids is 1. The number of hydrogen-bond donors (Lipinski definition) is 0. The zero-order chi connectivity index (χ0) is 15.6. The van der Waals surface area contributed by atoms with Gasteiger partial charge in [0.15, 0.2) is 6.29 Å². The van der Waals surface area contributed by atoms with Gasteiger partial charge in [-0.15, -0.1) is 0 Å². The maximum absolute atomic E-state index is 11.2. The standard InChI is InChI=1S/C18H19ClO2/c1-12-8-9-17(14(10-12)18(2,3)4)21-16-7-5-6-15(19)13(16)11-20/h5-11H,1-4H3. The average Bonchev–Trinajstić information content (AvgIpc) is 2.40. The Hall–Kier alpha value is -1.80. The second kappa shape index (κ2) is 5.90. The summed E-state index contributed by atoms with van der Waals surface area (Å²) in [5, 5.41) is 0.395. The molecular formula is C18H19ClO2. The SMILES string of the molecule is Cc1ccc(Oc2cccc(Cl)c2C=O)c(C(C)(C)C)c1. The Balaban J connectivity index is 2.50. The van der Waals surface area contributed by atoms with Crippen LogP contribution in [0.15, 0.2) is 36.4 Å². The largest absolute Gasteiger partial charge is 0.456 e. The van der Waals surface area contributed by atoms with Crippen LogP contribution in [0.1, 0.15) is 42.3 Å². The van der Waals surface area contributed by atoms with E-state index < -0.39 is 0 Å². The Kier molecular flexibility index (Phi) is 4.38. The number of benzene rings is 2. The van der Waals surface area contributed by atoms with Crippen LogP contribution in [0.3, 0.4) is 0 Å². The van der Waals surface area contributed by atoms with Crippen molar-refractivity contribution >= 4 is 17.9 Å². The van der Waals surface area contributed by atoms with Crippen LogP contribution in [0.2, 0.25) is 5.02 Å². The van der Waals surface area contributed by atoms with Gasteiger partial charge in [0.1, 0.15) is 11.5 Å². The Morgan fingerprint density at radius 2 is 1.81 bits per heavy atom. The van der Waals surface area contributed by atoms with Gasteiger partial charge in [-0.3, -0.25) is 4.79 Å². The molecule has 2 aromatic rings. The first-order valence-corrected chi connectivity index (χ1v) is 7.23. The number of carbonyl (C=O) groups is 1. The van der Waals surface area contributed by atoms with Crippen LogP contribution in [-0.2, 0) is 5.41 Å². The maximum Gasteiger partial charge on any atom is 0.155 e. The van der Waals surface area contributed by atoms with E-state index in [0.717, 1.165) is 17.6 Å². The Morgan fingerprint density at radius 1 is 1.10 bits per heavy atom. The summed E-state index contributed by atoms with van der Waals surface area (Å²) in [6.45, 7) is 8.45. The van der Waals surface area contributed by atoms with Crippen molar-refractivity contribution in [3.63, 3.8) is 0 Å². The fourth-order valence-electron chi connectivity index (χ4n) is 2.16. The highest BCUT2D eigenvalue weighted by atomic mass is 35.5. The second-order valence-corrected chi connectivity index (χ2v) is 6.53. The molecule has 0 N–H and O–H groups in total. The summed E-state index contributed by atoms with van der Waals surface area (Å²) < 4.78 is 5.98. The van der Waals surface area contributed by atoms with Crippen molar-refractivity contribution in [1.29, 1.82) is 0 Å². The van der Waals surface area contributed by atoms with Gasteiger partial charge in [0.25, 0.3) is 0 Å². The Bertz CT molecular complexity index is 669. The second-order valence-electron chi connectivity index (χ2n) is 6.12. The zero-order valence-corrected chi connectivity index (χ0v) is 13.5. The van der Waals surface area contributed by atoms with Crippen molar-refractivity contribution in [2.45, 2.75) is 33.1 Å². The molecule has 0 amide bonds. The van der Waals surface area contributed by atoms with Gasteiger partial charge in [-0.25, -0.2) is 0 Å². The smallest absolute Gasteiger partial charge is 0.155 e. The molecular weight excluding hydrogens is 284 g/mol. The molecule has 2 aromatic carbocycles. The average molecular weight is 303 g/mol. The van der Waals surface area contributed by atoms with Crippen molar-refractivity contribution in [2.75, 3.05) is 0 Å². The quantitative estimate of drug-likeness (QED) is 0.695. The summed E-state index contributed by atoms with van der Waals surface area (Å²) in [5.74, 6) is 1.23. The van der Waals surface area contributed by atoms with Crippen molar-refractivity contribution in [3.8, 4) is 11.5 Å². The molecule has 0 saturated heterocycles. The molecule has 0 aromatic heterocycles. The van der Waals surface area contributed by atoms with E-state index >= 15 is 0 Å². The molecule has 0 unspecified atom stereocenters. The summed E-state index contributed by atoms with van der Waals surface area (Å²) in [6, 6.07) is 11.2. The van der Waals surface area contributed by atoms with Gasteiger partial charge in [-0.2, -0.15) is 0 Å². The van der Waals surface area contributed by atoms with Gasteiger partial charge in [-0.1, -0.05) is 56.1 Å². The van der Waals surface area contributed by atoms with Crippen molar-refractivity contribution in [1.82, 2.24) is 0 Å². The number of hydrogen-bond acceptors (Lipinski definition) is 2. The monoisotopic (exact) mass is 302 g/mol. The van der Waals surface area contributed by atoms with E-state index in [1.54, 1.807) is 18.2 Å². The van der Waals surface area contributed by atoms with Crippen LogP contribution in [-0.4, -0.2) is 6.29 Å². The molecule has 0 saturated carbocycles. The number of rotatable bonds is 3. The lowest BCUT2D eigenvalue weighted by molar-refractivity contribution is 0.112. The normalized spacial score (nSPS) is 11.3. The maximum atomic E-state index is 11.2. The molecule has 0 spiro atoms.